The van der Waals surface area contributed by atoms with Gasteiger partial charge in [-0.15, -0.1) is 0 Å². The number of rotatable bonds is 5. The predicted octanol–water partition coefficient (Wildman–Crippen LogP) is 5.01. The Morgan fingerprint density at radius 1 is 1.20 bits per heavy atom. The lowest BCUT2D eigenvalue weighted by atomic mass is 10.2. The molecule has 104 valence electrons. The quantitative estimate of drug-likeness (QED) is 0.745. The molecule has 2 nitrogen and oxygen atoms in total. The Morgan fingerprint density at radius 2 is 2.05 bits per heavy atom. The Labute approximate surface area is 140 Å². The van der Waals surface area contributed by atoms with Crippen LogP contribution in [0.15, 0.2) is 55.4 Å². The van der Waals surface area contributed by atoms with Gasteiger partial charge in [0.1, 0.15) is 5.03 Å². The van der Waals surface area contributed by atoms with Gasteiger partial charge in [0.05, 0.1) is 4.47 Å². The molecule has 1 N–H and O–H groups in total. The zero-order valence-corrected chi connectivity index (χ0v) is 14.8. The first-order valence-electron chi connectivity index (χ1n) is 6.52. The van der Waals surface area contributed by atoms with Gasteiger partial charge in [-0.25, -0.2) is 4.98 Å². The predicted molar refractivity (Wildman–Crippen MR) is 90.1 cm³/mol. The molecule has 1 aromatic carbocycles. The van der Waals surface area contributed by atoms with Crippen LogP contribution in [0.4, 0.5) is 0 Å². The first kappa shape index (κ1) is 14.6. The maximum absolute atomic E-state index is 4.38. The van der Waals surface area contributed by atoms with Crippen LogP contribution >= 0.6 is 43.6 Å². The molecule has 0 amide bonds. The fourth-order valence-corrected chi connectivity index (χ4v) is 3.82. The van der Waals surface area contributed by atoms with Gasteiger partial charge in [-0.1, -0.05) is 33.8 Å². The van der Waals surface area contributed by atoms with Crippen LogP contribution in [0, 0.1) is 0 Å². The molecule has 0 atom stereocenters. The smallest absolute Gasteiger partial charge is 0.115 e. The van der Waals surface area contributed by atoms with Gasteiger partial charge in [0.2, 0.25) is 0 Å². The summed E-state index contributed by atoms with van der Waals surface area (Å²) in [6.45, 7) is 0.934. The van der Waals surface area contributed by atoms with Gasteiger partial charge in [0.25, 0.3) is 0 Å². The van der Waals surface area contributed by atoms with E-state index in [0.29, 0.717) is 0 Å². The molecular formula is C15H14Br2N2S. The normalized spacial score (nSPS) is 14.5. The molecule has 0 bridgehead atoms. The van der Waals surface area contributed by atoms with Gasteiger partial charge >= 0.3 is 0 Å². The minimum Gasteiger partial charge on any atom is -0.310 e. The zero-order valence-electron chi connectivity index (χ0n) is 10.8. The molecule has 20 heavy (non-hydrogen) atoms. The van der Waals surface area contributed by atoms with Crippen LogP contribution in [0.5, 0.6) is 0 Å². The van der Waals surface area contributed by atoms with Crippen molar-refractivity contribution < 1.29 is 0 Å². The monoisotopic (exact) mass is 412 g/mol. The van der Waals surface area contributed by atoms with Crippen molar-refractivity contribution in [3.63, 3.8) is 0 Å². The Kier molecular flexibility index (Phi) is 4.81. The minimum absolute atomic E-state index is 0.737. The molecule has 0 unspecified atom stereocenters. The van der Waals surface area contributed by atoms with Crippen molar-refractivity contribution in [2.24, 2.45) is 0 Å². The van der Waals surface area contributed by atoms with Crippen molar-refractivity contribution in [2.75, 3.05) is 0 Å². The van der Waals surface area contributed by atoms with Gasteiger partial charge in [-0.05, 0) is 58.6 Å². The Hall–Kier alpha value is -0.360. The third-order valence-corrected chi connectivity index (χ3v) is 5.77. The van der Waals surface area contributed by atoms with Gasteiger partial charge in [0.15, 0.2) is 0 Å². The van der Waals surface area contributed by atoms with E-state index in [2.05, 4.69) is 60.4 Å². The van der Waals surface area contributed by atoms with Crippen LogP contribution in [0.2, 0.25) is 0 Å². The van der Waals surface area contributed by atoms with Crippen molar-refractivity contribution in [3.8, 4) is 0 Å². The number of pyridine rings is 1. The summed E-state index contributed by atoms with van der Waals surface area (Å²) in [7, 11) is 0. The van der Waals surface area contributed by atoms with Crippen molar-refractivity contribution in [1.29, 1.82) is 0 Å². The summed E-state index contributed by atoms with van der Waals surface area (Å²) in [5, 5.41) is 4.52. The maximum Gasteiger partial charge on any atom is 0.115 e. The average Bonchev–Trinajstić information content (AvgIpc) is 3.25. The standard InChI is InChI=1S/C15H14Br2N2S/c16-13-2-1-7-18-15(13)20-12-6-3-10(14(17)8-12)9-19-11-4-5-11/h1-3,6-8,11,19H,4-5,9H2. The largest absolute Gasteiger partial charge is 0.310 e. The maximum atomic E-state index is 4.38. The van der Waals surface area contributed by atoms with E-state index in [1.54, 1.807) is 11.8 Å². The summed E-state index contributed by atoms with van der Waals surface area (Å²) in [5.41, 5.74) is 1.31. The lowest BCUT2D eigenvalue weighted by Gasteiger charge is -2.08. The highest BCUT2D eigenvalue weighted by Crippen LogP contribution is 2.33. The average molecular weight is 414 g/mol. The summed E-state index contributed by atoms with van der Waals surface area (Å²) in [4.78, 5) is 5.57. The number of nitrogens with one attached hydrogen (secondary N) is 1. The first-order valence-corrected chi connectivity index (χ1v) is 8.93. The van der Waals surface area contributed by atoms with E-state index >= 15 is 0 Å². The molecule has 1 heterocycles. The second-order valence-electron chi connectivity index (χ2n) is 4.80. The lowest BCUT2D eigenvalue weighted by Crippen LogP contribution is -2.15. The van der Waals surface area contributed by atoms with E-state index in [-0.39, 0.29) is 0 Å². The Morgan fingerprint density at radius 3 is 2.75 bits per heavy atom. The molecule has 2 aromatic rings. The minimum atomic E-state index is 0.737. The summed E-state index contributed by atoms with van der Waals surface area (Å²) in [6, 6.07) is 11.2. The molecule has 0 saturated heterocycles. The summed E-state index contributed by atoms with van der Waals surface area (Å²) in [6.07, 6.45) is 4.45. The van der Waals surface area contributed by atoms with Gasteiger partial charge in [-0.3, -0.25) is 0 Å². The highest BCUT2D eigenvalue weighted by atomic mass is 79.9. The molecule has 3 rings (SSSR count). The Balaban J connectivity index is 1.71. The van der Waals surface area contributed by atoms with Crippen molar-refractivity contribution in [1.82, 2.24) is 10.3 Å². The van der Waals surface area contributed by atoms with Crippen molar-refractivity contribution in [3.05, 3.63) is 51.0 Å². The molecule has 1 fully saturated rings. The molecule has 1 saturated carbocycles. The number of nitrogens with zero attached hydrogens (tertiary/aromatic N) is 1. The molecule has 1 aliphatic rings. The molecule has 1 aliphatic carbocycles. The summed E-state index contributed by atoms with van der Waals surface area (Å²) in [5.74, 6) is 0. The fraction of sp³-hybridized carbons (Fsp3) is 0.267. The van der Waals surface area contributed by atoms with E-state index in [0.717, 1.165) is 26.6 Å². The van der Waals surface area contributed by atoms with E-state index in [9.17, 15) is 0 Å². The highest BCUT2D eigenvalue weighted by Gasteiger charge is 2.20. The molecule has 0 radical (unpaired) electrons. The fourth-order valence-electron chi connectivity index (χ4n) is 1.83. The lowest BCUT2D eigenvalue weighted by molar-refractivity contribution is 0.685. The van der Waals surface area contributed by atoms with E-state index in [4.69, 9.17) is 0 Å². The molecule has 0 aliphatic heterocycles. The number of hydrogen-bond donors (Lipinski definition) is 1. The molecular weight excluding hydrogens is 400 g/mol. The van der Waals surface area contributed by atoms with E-state index in [1.807, 2.05) is 18.3 Å². The molecule has 0 spiro atoms. The molecule has 5 heteroatoms. The van der Waals surface area contributed by atoms with Gasteiger partial charge in [0, 0.05) is 28.2 Å². The number of halogens is 2. The van der Waals surface area contributed by atoms with Crippen molar-refractivity contribution in [2.45, 2.75) is 35.3 Å². The third-order valence-electron chi connectivity index (χ3n) is 3.12. The van der Waals surface area contributed by atoms with E-state index in [1.165, 1.54) is 23.3 Å². The second kappa shape index (κ2) is 6.60. The van der Waals surface area contributed by atoms with Crippen LogP contribution in [-0.2, 0) is 6.54 Å². The van der Waals surface area contributed by atoms with Crippen LogP contribution < -0.4 is 5.32 Å². The second-order valence-corrected chi connectivity index (χ2v) is 7.57. The van der Waals surface area contributed by atoms with Crippen molar-refractivity contribution >= 4 is 43.6 Å². The zero-order chi connectivity index (χ0) is 13.9. The molecule has 1 aromatic heterocycles. The number of hydrogen-bond acceptors (Lipinski definition) is 3. The van der Waals surface area contributed by atoms with Crippen LogP contribution in [0.3, 0.4) is 0 Å². The summed E-state index contributed by atoms with van der Waals surface area (Å²) < 4.78 is 2.18. The van der Waals surface area contributed by atoms with E-state index < -0.39 is 0 Å². The summed E-state index contributed by atoms with van der Waals surface area (Å²) >= 11 is 8.86. The van der Waals surface area contributed by atoms with Crippen LogP contribution in [-0.4, -0.2) is 11.0 Å². The van der Waals surface area contributed by atoms with Crippen LogP contribution in [0.25, 0.3) is 0 Å². The third kappa shape index (κ3) is 3.85. The first-order chi connectivity index (χ1) is 9.72. The Bertz CT molecular complexity index is 615. The van der Waals surface area contributed by atoms with Gasteiger partial charge in [-0.2, -0.15) is 0 Å². The van der Waals surface area contributed by atoms with Gasteiger partial charge < -0.3 is 5.32 Å². The number of benzene rings is 1. The topological polar surface area (TPSA) is 24.9 Å². The number of aromatic nitrogens is 1. The SMILES string of the molecule is Brc1cc(Sc2ncccc2Br)ccc1CNC1CC1. The highest BCUT2D eigenvalue weighted by molar-refractivity contribution is 9.10. The van der Waals surface area contributed by atoms with Crippen LogP contribution in [0.1, 0.15) is 18.4 Å².